The number of hydrogen-bond donors (Lipinski definition) is 1. The topological polar surface area (TPSA) is 65.4 Å². The highest BCUT2D eigenvalue weighted by atomic mass is 19.1. The van der Waals surface area contributed by atoms with Gasteiger partial charge in [0.1, 0.15) is 0 Å². The average Bonchev–Trinajstić information content (AvgIpc) is 2.82. The van der Waals surface area contributed by atoms with Crippen molar-refractivity contribution in [1.82, 2.24) is 14.6 Å². The number of halogens is 1. The summed E-state index contributed by atoms with van der Waals surface area (Å²) in [5.41, 5.74) is 7.73. The van der Waals surface area contributed by atoms with E-state index in [0.717, 1.165) is 0 Å². The summed E-state index contributed by atoms with van der Waals surface area (Å²) in [6, 6.07) is 8.06. The maximum Gasteiger partial charge on any atom is 0.168 e. The highest BCUT2D eigenvalue weighted by Gasteiger charge is 2.11. The van der Waals surface area contributed by atoms with Crippen LogP contribution >= 0.6 is 0 Å². The first kappa shape index (κ1) is 11.5. The quantitative estimate of drug-likeness (QED) is 0.764. The summed E-state index contributed by atoms with van der Waals surface area (Å²) >= 11 is 0. The van der Waals surface area contributed by atoms with Crippen LogP contribution in [0.4, 0.5) is 10.1 Å². The molecular formula is C13H11FN4O. The van der Waals surface area contributed by atoms with Crippen LogP contribution in [0.15, 0.2) is 36.5 Å². The second-order valence-corrected chi connectivity index (χ2v) is 4.06. The van der Waals surface area contributed by atoms with Gasteiger partial charge in [-0.15, -0.1) is 10.2 Å². The molecule has 3 aromatic rings. The number of nitrogen functional groups attached to an aromatic ring is 1. The lowest BCUT2D eigenvalue weighted by molar-refractivity contribution is 0.386. The second-order valence-electron chi connectivity index (χ2n) is 4.06. The average molecular weight is 258 g/mol. The molecule has 0 saturated carbocycles. The minimum absolute atomic E-state index is 0.165. The molecule has 0 atom stereocenters. The van der Waals surface area contributed by atoms with Crippen molar-refractivity contribution in [2.75, 3.05) is 12.8 Å². The molecule has 0 aliphatic carbocycles. The van der Waals surface area contributed by atoms with Gasteiger partial charge in [-0.2, -0.15) is 0 Å². The van der Waals surface area contributed by atoms with Gasteiger partial charge in [-0.3, -0.25) is 4.40 Å². The Bertz CT molecular complexity index is 753. The standard InChI is InChI=1S/C13H11FN4O/c1-19-11-6-8(2-4-10(11)14)13-17-16-12-5-3-9(15)7-18(12)13/h2-7H,15H2,1H3. The van der Waals surface area contributed by atoms with Gasteiger partial charge in [0, 0.05) is 17.4 Å². The van der Waals surface area contributed by atoms with Crippen LogP contribution in [0.2, 0.25) is 0 Å². The number of ether oxygens (including phenoxy) is 1. The Morgan fingerprint density at radius 1 is 1.21 bits per heavy atom. The molecule has 6 heteroatoms. The lowest BCUT2D eigenvalue weighted by Gasteiger charge is -2.05. The van der Waals surface area contributed by atoms with Gasteiger partial charge in [0.25, 0.3) is 0 Å². The molecule has 5 nitrogen and oxygen atoms in total. The van der Waals surface area contributed by atoms with E-state index in [0.29, 0.717) is 22.7 Å². The van der Waals surface area contributed by atoms with Crippen molar-refractivity contribution in [2.45, 2.75) is 0 Å². The van der Waals surface area contributed by atoms with E-state index in [4.69, 9.17) is 10.5 Å². The monoisotopic (exact) mass is 258 g/mol. The smallest absolute Gasteiger partial charge is 0.168 e. The van der Waals surface area contributed by atoms with Crippen LogP contribution < -0.4 is 10.5 Å². The molecule has 0 fully saturated rings. The number of fused-ring (bicyclic) bond motifs is 1. The van der Waals surface area contributed by atoms with Gasteiger partial charge in [0.05, 0.1) is 7.11 Å². The largest absolute Gasteiger partial charge is 0.494 e. The molecule has 2 heterocycles. The molecule has 0 aliphatic heterocycles. The van der Waals surface area contributed by atoms with Crippen LogP contribution in [0.25, 0.3) is 17.0 Å². The van der Waals surface area contributed by atoms with Crippen molar-refractivity contribution in [3.63, 3.8) is 0 Å². The van der Waals surface area contributed by atoms with Crippen molar-refractivity contribution in [2.24, 2.45) is 0 Å². The summed E-state index contributed by atoms with van der Waals surface area (Å²) < 4.78 is 20.1. The number of methoxy groups -OCH3 is 1. The number of nitrogens with zero attached hydrogens (tertiary/aromatic N) is 3. The predicted octanol–water partition coefficient (Wildman–Crippen LogP) is 2.13. The highest BCUT2D eigenvalue weighted by molar-refractivity contribution is 5.62. The Kier molecular flexibility index (Phi) is 2.56. The Hall–Kier alpha value is -2.63. The fourth-order valence-electron chi connectivity index (χ4n) is 1.90. The maximum atomic E-state index is 13.4. The molecule has 2 N–H and O–H groups in total. The van der Waals surface area contributed by atoms with Crippen LogP contribution in [-0.2, 0) is 0 Å². The Morgan fingerprint density at radius 3 is 2.84 bits per heavy atom. The Labute approximate surface area is 108 Å². The molecule has 0 saturated heterocycles. The van der Waals surface area contributed by atoms with Crippen molar-refractivity contribution >= 4 is 11.3 Å². The first-order valence-corrected chi connectivity index (χ1v) is 5.63. The van der Waals surface area contributed by atoms with Crippen LogP contribution in [-0.4, -0.2) is 21.7 Å². The van der Waals surface area contributed by atoms with Crippen LogP contribution in [0.1, 0.15) is 0 Å². The summed E-state index contributed by atoms with van der Waals surface area (Å²) in [7, 11) is 1.42. The minimum atomic E-state index is -0.417. The zero-order valence-corrected chi connectivity index (χ0v) is 10.2. The van der Waals surface area contributed by atoms with Gasteiger partial charge in [-0.25, -0.2) is 4.39 Å². The fourth-order valence-corrected chi connectivity index (χ4v) is 1.90. The van der Waals surface area contributed by atoms with E-state index in [9.17, 15) is 4.39 Å². The predicted molar refractivity (Wildman–Crippen MR) is 69.3 cm³/mol. The Balaban J connectivity index is 2.21. The van der Waals surface area contributed by atoms with E-state index < -0.39 is 5.82 Å². The third-order valence-electron chi connectivity index (χ3n) is 2.83. The molecule has 0 amide bonds. The SMILES string of the molecule is COc1cc(-c2nnc3ccc(N)cn23)ccc1F. The minimum Gasteiger partial charge on any atom is -0.494 e. The number of anilines is 1. The van der Waals surface area contributed by atoms with Crippen LogP contribution in [0.3, 0.4) is 0 Å². The van der Waals surface area contributed by atoms with Crippen molar-refractivity contribution in [3.8, 4) is 17.1 Å². The number of aromatic nitrogens is 3. The normalized spacial score (nSPS) is 10.8. The van der Waals surface area contributed by atoms with E-state index in [2.05, 4.69) is 10.2 Å². The number of pyridine rings is 1. The summed E-state index contributed by atoms with van der Waals surface area (Å²) in [5.74, 6) is 0.332. The molecule has 96 valence electrons. The zero-order valence-electron chi connectivity index (χ0n) is 10.2. The lowest BCUT2D eigenvalue weighted by atomic mass is 10.2. The molecule has 1 aromatic carbocycles. The lowest BCUT2D eigenvalue weighted by Crippen LogP contribution is -1.94. The first-order chi connectivity index (χ1) is 9.19. The fraction of sp³-hybridized carbons (Fsp3) is 0.0769. The molecule has 0 aliphatic rings. The molecule has 0 bridgehead atoms. The van der Waals surface area contributed by atoms with E-state index in [1.54, 1.807) is 34.9 Å². The summed E-state index contributed by atoms with van der Waals surface area (Å²) in [4.78, 5) is 0. The third kappa shape index (κ3) is 1.87. The van der Waals surface area contributed by atoms with Gasteiger partial charge >= 0.3 is 0 Å². The third-order valence-corrected chi connectivity index (χ3v) is 2.83. The molecule has 19 heavy (non-hydrogen) atoms. The number of nitrogens with two attached hydrogens (primary N) is 1. The summed E-state index contributed by atoms with van der Waals surface area (Å²) in [6.45, 7) is 0. The maximum absolute atomic E-state index is 13.4. The summed E-state index contributed by atoms with van der Waals surface area (Å²) in [6.07, 6.45) is 1.72. The van der Waals surface area contributed by atoms with E-state index in [-0.39, 0.29) is 5.75 Å². The second kappa shape index (κ2) is 4.24. The van der Waals surface area contributed by atoms with Crippen molar-refractivity contribution < 1.29 is 9.13 Å². The molecular weight excluding hydrogens is 247 g/mol. The van der Waals surface area contributed by atoms with E-state index in [1.165, 1.54) is 13.2 Å². The van der Waals surface area contributed by atoms with Gasteiger partial charge < -0.3 is 10.5 Å². The summed E-state index contributed by atoms with van der Waals surface area (Å²) in [5, 5.41) is 8.13. The van der Waals surface area contributed by atoms with E-state index >= 15 is 0 Å². The molecule has 0 radical (unpaired) electrons. The van der Waals surface area contributed by atoms with Gasteiger partial charge in [0.2, 0.25) is 0 Å². The number of rotatable bonds is 2. The number of benzene rings is 1. The van der Waals surface area contributed by atoms with Crippen LogP contribution in [0.5, 0.6) is 5.75 Å². The molecule has 2 aromatic heterocycles. The highest BCUT2D eigenvalue weighted by Crippen LogP contribution is 2.25. The molecule has 3 rings (SSSR count). The molecule has 0 spiro atoms. The Morgan fingerprint density at radius 2 is 2.05 bits per heavy atom. The van der Waals surface area contributed by atoms with Crippen molar-refractivity contribution in [3.05, 3.63) is 42.3 Å². The van der Waals surface area contributed by atoms with Gasteiger partial charge in [0.15, 0.2) is 23.0 Å². The first-order valence-electron chi connectivity index (χ1n) is 5.63. The molecule has 0 unspecified atom stereocenters. The van der Waals surface area contributed by atoms with Gasteiger partial charge in [-0.05, 0) is 30.3 Å². The van der Waals surface area contributed by atoms with Crippen LogP contribution in [0, 0.1) is 5.82 Å². The zero-order chi connectivity index (χ0) is 13.4. The van der Waals surface area contributed by atoms with Gasteiger partial charge in [-0.1, -0.05) is 0 Å². The number of hydrogen-bond acceptors (Lipinski definition) is 4. The van der Waals surface area contributed by atoms with E-state index in [1.807, 2.05) is 0 Å². The van der Waals surface area contributed by atoms with Crippen molar-refractivity contribution in [1.29, 1.82) is 0 Å².